The van der Waals surface area contributed by atoms with E-state index in [-0.39, 0.29) is 15.2 Å². The highest BCUT2D eigenvalue weighted by atomic mass is 79.9. The SMILES string of the molecule is Oc1c(Cl)cc(OC(F)(F)F)cc1Br. The topological polar surface area (TPSA) is 29.5 Å². The van der Waals surface area contributed by atoms with Gasteiger partial charge in [-0.3, -0.25) is 0 Å². The van der Waals surface area contributed by atoms with Crippen LogP contribution < -0.4 is 4.74 Å². The van der Waals surface area contributed by atoms with E-state index in [0.29, 0.717) is 0 Å². The predicted octanol–water partition coefficient (Wildman–Crippen LogP) is 3.71. The number of rotatable bonds is 1. The van der Waals surface area contributed by atoms with Crippen molar-refractivity contribution in [1.82, 2.24) is 0 Å². The normalized spacial score (nSPS) is 11.5. The number of halogens is 5. The summed E-state index contributed by atoms with van der Waals surface area (Å²) in [6.07, 6.45) is -4.78. The number of aromatic hydroxyl groups is 1. The highest BCUT2D eigenvalue weighted by Gasteiger charge is 2.31. The van der Waals surface area contributed by atoms with Crippen LogP contribution in [-0.2, 0) is 0 Å². The molecular weight excluding hydrogens is 288 g/mol. The molecule has 0 atom stereocenters. The van der Waals surface area contributed by atoms with Gasteiger partial charge in [-0.25, -0.2) is 0 Å². The Kier molecular flexibility index (Phi) is 3.16. The van der Waals surface area contributed by atoms with Crippen molar-refractivity contribution >= 4 is 27.5 Å². The highest BCUT2D eigenvalue weighted by molar-refractivity contribution is 9.10. The maximum Gasteiger partial charge on any atom is 0.573 e. The molecule has 7 heteroatoms. The minimum atomic E-state index is -4.78. The van der Waals surface area contributed by atoms with Crippen molar-refractivity contribution in [2.24, 2.45) is 0 Å². The van der Waals surface area contributed by atoms with Crippen molar-refractivity contribution in [3.05, 3.63) is 21.6 Å². The Morgan fingerprint density at radius 3 is 2.36 bits per heavy atom. The quantitative estimate of drug-likeness (QED) is 0.855. The molecule has 0 saturated carbocycles. The molecular formula is C7H3BrClF3O2. The van der Waals surface area contributed by atoms with Gasteiger partial charge in [0.05, 0.1) is 9.50 Å². The summed E-state index contributed by atoms with van der Waals surface area (Å²) in [5.41, 5.74) is 0. The Bertz CT molecular complexity index is 330. The fourth-order valence-corrected chi connectivity index (χ4v) is 1.50. The number of phenols is 1. The number of hydrogen-bond acceptors (Lipinski definition) is 2. The van der Waals surface area contributed by atoms with E-state index in [9.17, 15) is 13.2 Å². The van der Waals surface area contributed by atoms with Gasteiger partial charge in [0, 0.05) is 6.07 Å². The molecule has 0 saturated heterocycles. The molecule has 14 heavy (non-hydrogen) atoms. The van der Waals surface area contributed by atoms with Crippen molar-refractivity contribution in [3.8, 4) is 11.5 Å². The monoisotopic (exact) mass is 290 g/mol. The van der Waals surface area contributed by atoms with Gasteiger partial charge in [-0.15, -0.1) is 13.2 Å². The molecule has 1 rings (SSSR count). The second-order valence-electron chi connectivity index (χ2n) is 2.28. The third-order valence-electron chi connectivity index (χ3n) is 1.22. The van der Waals surface area contributed by atoms with E-state index in [1.165, 1.54) is 0 Å². The molecule has 0 aliphatic heterocycles. The fraction of sp³-hybridized carbons (Fsp3) is 0.143. The summed E-state index contributed by atoms with van der Waals surface area (Å²) in [4.78, 5) is 0. The van der Waals surface area contributed by atoms with Gasteiger partial charge < -0.3 is 9.84 Å². The van der Waals surface area contributed by atoms with Crippen LogP contribution in [0.2, 0.25) is 5.02 Å². The van der Waals surface area contributed by atoms with E-state index < -0.39 is 12.1 Å². The molecule has 0 amide bonds. The van der Waals surface area contributed by atoms with Gasteiger partial charge in [0.25, 0.3) is 0 Å². The first-order chi connectivity index (χ1) is 6.29. The zero-order valence-electron chi connectivity index (χ0n) is 6.40. The average molecular weight is 291 g/mol. The molecule has 1 aromatic rings. The number of phenolic OH excluding ortho intramolecular Hbond substituents is 1. The van der Waals surface area contributed by atoms with Crippen LogP contribution in [0.15, 0.2) is 16.6 Å². The molecule has 0 bridgehead atoms. The van der Waals surface area contributed by atoms with Crippen LogP contribution in [0.4, 0.5) is 13.2 Å². The summed E-state index contributed by atoms with van der Waals surface area (Å²) in [6.45, 7) is 0. The molecule has 78 valence electrons. The van der Waals surface area contributed by atoms with Crippen molar-refractivity contribution in [2.45, 2.75) is 6.36 Å². The van der Waals surface area contributed by atoms with Crippen molar-refractivity contribution in [3.63, 3.8) is 0 Å². The third kappa shape index (κ3) is 2.95. The summed E-state index contributed by atoms with van der Waals surface area (Å²) < 4.78 is 38.9. The lowest BCUT2D eigenvalue weighted by Crippen LogP contribution is -2.17. The fourth-order valence-electron chi connectivity index (χ4n) is 0.735. The number of benzene rings is 1. The largest absolute Gasteiger partial charge is 0.573 e. The van der Waals surface area contributed by atoms with E-state index in [2.05, 4.69) is 20.7 Å². The van der Waals surface area contributed by atoms with E-state index >= 15 is 0 Å². The third-order valence-corrected chi connectivity index (χ3v) is 2.12. The Morgan fingerprint density at radius 2 is 1.93 bits per heavy atom. The minimum Gasteiger partial charge on any atom is -0.505 e. The van der Waals surface area contributed by atoms with E-state index in [4.69, 9.17) is 16.7 Å². The van der Waals surface area contributed by atoms with Gasteiger partial charge in [0.15, 0.2) is 0 Å². The molecule has 0 spiro atoms. The van der Waals surface area contributed by atoms with Gasteiger partial charge >= 0.3 is 6.36 Å². The van der Waals surface area contributed by atoms with Crippen LogP contribution in [0.5, 0.6) is 11.5 Å². The molecule has 1 N–H and O–H groups in total. The molecule has 2 nitrogen and oxygen atoms in total. The first-order valence-electron chi connectivity index (χ1n) is 3.23. The van der Waals surface area contributed by atoms with Crippen LogP contribution in [0.25, 0.3) is 0 Å². The lowest BCUT2D eigenvalue weighted by atomic mass is 10.3. The summed E-state index contributed by atoms with van der Waals surface area (Å²) in [6, 6.07) is 1.84. The summed E-state index contributed by atoms with van der Waals surface area (Å²) in [5.74, 6) is -0.826. The molecule has 0 fully saturated rings. The van der Waals surface area contributed by atoms with Gasteiger partial charge in [0.1, 0.15) is 11.5 Å². The Morgan fingerprint density at radius 1 is 1.36 bits per heavy atom. The van der Waals surface area contributed by atoms with Gasteiger partial charge in [-0.05, 0) is 22.0 Å². The van der Waals surface area contributed by atoms with Gasteiger partial charge in [-0.1, -0.05) is 11.6 Å². The first kappa shape index (κ1) is 11.5. The average Bonchev–Trinajstić information content (AvgIpc) is 1.96. The molecule has 0 unspecified atom stereocenters. The molecule has 0 aromatic heterocycles. The zero-order chi connectivity index (χ0) is 10.9. The standard InChI is InChI=1S/C7H3BrClF3O2/c8-4-1-3(14-7(10,11)12)2-5(9)6(4)13/h1-2,13H. The number of ether oxygens (including phenoxy) is 1. The summed E-state index contributed by atoms with van der Waals surface area (Å²) in [5, 5.41) is 8.89. The Balaban J connectivity index is 3.02. The Hall–Kier alpha value is -0.620. The van der Waals surface area contributed by atoms with E-state index in [1.54, 1.807) is 0 Å². The Labute approximate surface area is 90.4 Å². The summed E-state index contributed by atoms with van der Waals surface area (Å²) >= 11 is 8.24. The van der Waals surface area contributed by atoms with Crippen LogP contribution in [0, 0.1) is 0 Å². The van der Waals surface area contributed by atoms with Crippen LogP contribution in [0.3, 0.4) is 0 Å². The first-order valence-corrected chi connectivity index (χ1v) is 4.40. The lowest BCUT2D eigenvalue weighted by Gasteiger charge is -2.10. The van der Waals surface area contributed by atoms with Gasteiger partial charge in [0.2, 0.25) is 0 Å². The molecule has 1 aromatic carbocycles. The van der Waals surface area contributed by atoms with Crippen molar-refractivity contribution < 1.29 is 23.0 Å². The predicted molar refractivity (Wildman–Crippen MR) is 47.5 cm³/mol. The zero-order valence-corrected chi connectivity index (χ0v) is 8.74. The molecule has 0 radical (unpaired) electrons. The summed E-state index contributed by atoms with van der Waals surface area (Å²) in [7, 11) is 0. The van der Waals surface area contributed by atoms with E-state index in [1.807, 2.05) is 0 Å². The van der Waals surface area contributed by atoms with Crippen LogP contribution >= 0.6 is 27.5 Å². The van der Waals surface area contributed by atoms with E-state index in [0.717, 1.165) is 12.1 Å². The molecule has 0 aliphatic carbocycles. The second-order valence-corrected chi connectivity index (χ2v) is 3.54. The maximum atomic E-state index is 11.8. The highest BCUT2D eigenvalue weighted by Crippen LogP contribution is 2.37. The van der Waals surface area contributed by atoms with Crippen molar-refractivity contribution in [1.29, 1.82) is 0 Å². The smallest absolute Gasteiger partial charge is 0.505 e. The number of hydrogen-bond donors (Lipinski definition) is 1. The lowest BCUT2D eigenvalue weighted by molar-refractivity contribution is -0.274. The van der Waals surface area contributed by atoms with Crippen LogP contribution in [-0.4, -0.2) is 11.5 Å². The maximum absolute atomic E-state index is 11.8. The molecule has 0 heterocycles. The molecule has 0 aliphatic rings. The second kappa shape index (κ2) is 3.86. The van der Waals surface area contributed by atoms with Crippen molar-refractivity contribution in [2.75, 3.05) is 0 Å². The van der Waals surface area contributed by atoms with Crippen LogP contribution in [0.1, 0.15) is 0 Å². The van der Waals surface area contributed by atoms with Gasteiger partial charge in [-0.2, -0.15) is 0 Å². The number of alkyl halides is 3. The minimum absolute atomic E-state index is 0.0317.